The fourth-order valence-electron chi connectivity index (χ4n) is 0.546. The summed E-state index contributed by atoms with van der Waals surface area (Å²) in [5.74, 6) is 0.0191. The van der Waals surface area contributed by atoms with Crippen molar-refractivity contribution in [1.29, 1.82) is 0 Å². The van der Waals surface area contributed by atoms with Crippen molar-refractivity contribution in [2.75, 3.05) is 27.2 Å². The van der Waals surface area contributed by atoms with Crippen molar-refractivity contribution in [2.45, 2.75) is 13.0 Å². The van der Waals surface area contributed by atoms with Crippen LogP contribution in [0.3, 0.4) is 0 Å². The van der Waals surface area contributed by atoms with Crippen molar-refractivity contribution in [2.24, 2.45) is 0 Å². The molecule has 0 rings (SSSR count). The standard InChI is InChI=1S/C7H16N2O2/c1-6(10)4-8-5-7(11)9(2)3/h6,8,10H,4-5H2,1-3H3/t6-/m1/s1. The number of carbonyl (C=O) groups excluding carboxylic acids is 1. The number of likely N-dealkylation sites (N-methyl/N-ethyl adjacent to an activating group) is 1. The van der Waals surface area contributed by atoms with Crippen molar-refractivity contribution >= 4 is 5.91 Å². The number of carbonyl (C=O) groups is 1. The van der Waals surface area contributed by atoms with Gasteiger partial charge >= 0.3 is 0 Å². The molecule has 1 amide bonds. The Labute approximate surface area is 67.2 Å². The van der Waals surface area contributed by atoms with E-state index in [4.69, 9.17) is 5.11 Å². The Morgan fingerprint density at radius 1 is 1.64 bits per heavy atom. The first-order valence-electron chi connectivity index (χ1n) is 3.63. The van der Waals surface area contributed by atoms with E-state index in [1.807, 2.05) is 0 Å². The van der Waals surface area contributed by atoms with Crippen molar-refractivity contribution < 1.29 is 9.90 Å². The third-order valence-electron chi connectivity index (χ3n) is 1.21. The highest BCUT2D eigenvalue weighted by atomic mass is 16.3. The lowest BCUT2D eigenvalue weighted by Crippen LogP contribution is -2.35. The van der Waals surface area contributed by atoms with E-state index >= 15 is 0 Å². The molecular formula is C7H16N2O2. The molecule has 0 spiro atoms. The van der Waals surface area contributed by atoms with Gasteiger partial charge in [0.25, 0.3) is 0 Å². The lowest BCUT2D eigenvalue weighted by atomic mass is 10.4. The summed E-state index contributed by atoms with van der Waals surface area (Å²) in [5.41, 5.74) is 0. The van der Waals surface area contributed by atoms with Gasteiger partial charge in [0.15, 0.2) is 0 Å². The van der Waals surface area contributed by atoms with E-state index in [0.29, 0.717) is 6.54 Å². The molecule has 0 aliphatic heterocycles. The molecule has 4 heteroatoms. The van der Waals surface area contributed by atoms with Crippen LogP contribution in [0.5, 0.6) is 0 Å². The van der Waals surface area contributed by atoms with Crippen LogP contribution in [0.2, 0.25) is 0 Å². The SMILES string of the molecule is C[C@@H](O)CNCC(=O)N(C)C. The average Bonchev–Trinajstić information content (AvgIpc) is 1.86. The van der Waals surface area contributed by atoms with Crippen molar-refractivity contribution in [3.63, 3.8) is 0 Å². The molecule has 1 atom stereocenters. The zero-order valence-electron chi connectivity index (χ0n) is 7.29. The Balaban J connectivity index is 3.32. The summed E-state index contributed by atoms with van der Waals surface area (Å²) in [6, 6.07) is 0. The van der Waals surface area contributed by atoms with E-state index in [9.17, 15) is 4.79 Å². The lowest BCUT2D eigenvalue weighted by molar-refractivity contribution is -0.127. The molecule has 0 aliphatic rings. The Morgan fingerprint density at radius 3 is 2.55 bits per heavy atom. The number of aliphatic hydroxyl groups excluding tert-OH is 1. The van der Waals surface area contributed by atoms with Gasteiger partial charge in [-0.15, -0.1) is 0 Å². The normalized spacial score (nSPS) is 12.7. The molecule has 0 aromatic heterocycles. The molecule has 0 fully saturated rings. The number of nitrogens with zero attached hydrogens (tertiary/aromatic N) is 1. The van der Waals surface area contributed by atoms with Gasteiger partial charge in [-0.1, -0.05) is 0 Å². The smallest absolute Gasteiger partial charge is 0.236 e. The molecular weight excluding hydrogens is 144 g/mol. The average molecular weight is 160 g/mol. The Bertz CT molecular complexity index is 124. The molecule has 2 N–H and O–H groups in total. The molecule has 0 aromatic rings. The quantitative estimate of drug-likeness (QED) is 0.557. The first-order valence-corrected chi connectivity index (χ1v) is 3.63. The van der Waals surface area contributed by atoms with E-state index in [0.717, 1.165) is 0 Å². The highest BCUT2D eigenvalue weighted by Gasteiger charge is 2.02. The van der Waals surface area contributed by atoms with Crippen LogP contribution in [0.4, 0.5) is 0 Å². The van der Waals surface area contributed by atoms with Crippen LogP contribution in [-0.4, -0.2) is 49.2 Å². The van der Waals surface area contributed by atoms with Gasteiger partial charge < -0.3 is 15.3 Å². The van der Waals surface area contributed by atoms with Crippen LogP contribution < -0.4 is 5.32 Å². The minimum absolute atomic E-state index is 0.0191. The Morgan fingerprint density at radius 2 is 2.18 bits per heavy atom. The molecule has 0 heterocycles. The van der Waals surface area contributed by atoms with Crippen LogP contribution in [-0.2, 0) is 4.79 Å². The van der Waals surface area contributed by atoms with E-state index in [1.54, 1.807) is 21.0 Å². The van der Waals surface area contributed by atoms with Gasteiger partial charge in [-0.2, -0.15) is 0 Å². The van der Waals surface area contributed by atoms with Gasteiger partial charge in [0.1, 0.15) is 0 Å². The molecule has 0 saturated heterocycles. The highest BCUT2D eigenvalue weighted by molar-refractivity contribution is 5.77. The van der Waals surface area contributed by atoms with E-state index in [-0.39, 0.29) is 12.5 Å². The first kappa shape index (κ1) is 10.4. The number of hydrogen-bond donors (Lipinski definition) is 2. The third kappa shape index (κ3) is 5.82. The Hall–Kier alpha value is -0.610. The topological polar surface area (TPSA) is 52.6 Å². The second-order valence-electron chi connectivity index (χ2n) is 2.77. The second kappa shape index (κ2) is 5.09. The molecule has 66 valence electrons. The number of nitrogens with one attached hydrogen (secondary N) is 1. The molecule has 0 aromatic carbocycles. The predicted molar refractivity (Wildman–Crippen MR) is 43.2 cm³/mol. The fourth-order valence-corrected chi connectivity index (χ4v) is 0.546. The van der Waals surface area contributed by atoms with Gasteiger partial charge in [0, 0.05) is 20.6 Å². The van der Waals surface area contributed by atoms with Gasteiger partial charge in [0.2, 0.25) is 5.91 Å². The van der Waals surface area contributed by atoms with Crippen LogP contribution in [0, 0.1) is 0 Å². The highest BCUT2D eigenvalue weighted by Crippen LogP contribution is 1.77. The third-order valence-corrected chi connectivity index (χ3v) is 1.21. The summed E-state index contributed by atoms with van der Waals surface area (Å²) in [4.78, 5) is 12.4. The number of rotatable bonds is 4. The van der Waals surface area contributed by atoms with Crippen molar-refractivity contribution in [3.05, 3.63) is 0 Å². The van der Waals surface area contributed by atoms with Crippen molar-refractivity contribution in [1.82, 2.24) is 10.2 Å². The van der Waals surface area contributed by atoms with Crippen LogP contribution in [0.15, 0.2) is 0 Å². The second-order valence-corrected chi connectivity index (χ2v) is 2.77. The minimum atomic E-state index is -0.398. The summed E-state index contributed by atoms with van der Waals surface area (Å²) in [6.45, 7) is 2.42. The number of amides is 1. The monoisotopic (exact) mass is 160 g/mol. The summed E-state index contributed by atoms with van der Waals surface area (Å²) >= 11 is 0. The number of aliphatic hydroxyl groups is 1. The molecule has 0 unspecified atom stereocenters. The molecule has 0 saturated carbocycles. The summed E-state index contributed by atoms with van der Waals surface area (Å²) in [5, 5.41) is 11.6. The molecule has 0 aliphatic carbocycles. The van der Waals surface area contributed by atoms with E-state index in [1.165, 1.54) is 4.90 Å². The summed E-state index contributed by atoms with van der Waals surface area (Å²) in [6.07, 6.45) is -0.398. The molecule has 4 nitrogen and oxygen atoms in total. The maximum absolute atomic E-state index is 10.9. The Kier molecular flexibility index (Phi) is 4.81. The lowest BCUT2D eigenvalue weighted by Gasteiger charge is -2.11. The summed E-state index contributed by atoms with van der Waals surface area (Å²) in [7, 11) is 3.40. The van der Waals surface area contributed by atoms with Crippen LogP contribution in [0.1, 0.15) is 6.92 Å². The van der Waals surface area contributed by atoms with Gasteiger partial charge in [-0.3, -0.25) is 4.79 Å². The van der Waals surface area contributed by atoms with Gasteiger partial charge in [-0.05, 0) is 6.92 Å². The first-order chi connectivity index (χ1) is 5.04. The largest absolute Gasteiger partial charge is 0.392 e. The zero-order chi connectivity index (χ0) is 8.85. The molecule has 0 radical (unpaired) electrons. The van der Waals surface area contributed by atoms with Crippen LogP contribution in [0.25, 0.3) is 0 Å². The zero-order valence-corrected chi connectivity index (χ0v) is 7.29. The summed E-state index contributed by atoms with van der Waals surface area (Å²) < 4.78 is 0. The molecule has 0 bridgehead atoms. The van der Waals surface area contributed by atoms with E-state index in [2.05, 4.69) is 5.32 Å². The molecule has 11 heavy (non-hydrogen) atoms. The fraction of sp³-hybridized carbons (Fsp3) is 0.857. The maximum atomic E-state index is 10.9. The van der Waals surface area contributed by atoms with E-state index < -0.39 is 6.10 Å². The van der Waals surface area contributed by atoms with Gasteiger partial charge in [0.05, 0.1) is 12.6 Å². The predicted octanol–water partition coefficient (Wildman–Crippen LogP) is -0.955. The van der Waals surface area contributed by atoms with Gasteiger partial charge in [-0.25, -0.2) is 0 Å². The number of hydrogen-bond acceptors (Lipinski definition) is 3. The van der Waals surface area contributed by atoms with Crippen LogP contribution >= 0.6 is 0 Å². The van der Waals surface area contributed by atoms with Crippen molar-refractivity contribution in [3.8, 4) is 0 Å². The minimum Gasteiger partial charge on any atom is -0.392 e. The maximum Gasteiger partial charge on any atom is 0.236 e.